The minimum Gasteiger partial charge on any atom is -0.469 e. The van der Waals surface area contributed by atoms with Gasteiger partial charge in [-0.3, -0.25) is 19.3 Å². The van der Waals surface area contributed by atoms with E-state index in [-0.39, 0.29) is 26.1 Å². The minimum absolute atomic E-state index is 0.0804. The van der Waals surface area contributed by atoms with Crippen LogP contribution in [-0.4, -0.2) is 49.4 Å². The van der Waals surface area contributed by atoms with Crippen LogP contribution in [0.4, 0.5) is 0 Å². The fourth-order valence-electron chi connectivity index (χ4n) is 1.01. The Morgan fingerprint density at radius 2 is 1.60 bits per heavy atom. The molecule has 0 saturated heterocycles. The van der Waals surface area contributed by atoms with E-state index in [0.717, 1.165) is 0 Å². The Bertz CT molecular complexity index is 238. The molecule has 15 heavy (non-hydrogen) atoms. The van der Waals surface area contributed by atoms with Crippen molar-refractivity contribution in [2.75, 3.05) is 26.7 Å². The van der Waals surface area contributed by atoms with Gasteiger partial charge in [0.25, 0.3) is 0 Å². The summed E-state index contributed by atoms with van der Waals surface area (Å²) < 4.78 is 4.41. The van der Waals surface area contributed by atoms with Crippen LogP contribution < -0.4 is 11.5 Å². The standard InChI is InChI=1S/C8H15N3O4/c1-15-8(14)2-3-11(4-6(9)12)5-7(10)13/h2-5H2,1H3,(H2,9,12)(H2,10,13). The molecule has 0 aromatic carbocycles. The zero-order valence-electron chi connectivity index (χ0n) is 8.56. The summed E-state index contributed by atoms with van der Waals surface area (Å²) in [6, 6.07) is 0. The second-order valence-electron chi connectivity index (χ2n) is 2.97. The minimum atomic E-state index is -0.582. The molecule has 0 fully saturated rings. The van der Waals surface area contributed by atoms with Gasteiger partial charge in [-0.25, -0.2) is 0 Å². The van der Waals surface area contributed by atoms with E-state index in [9.17, 15) is 14.4 Å². The average Bonchev–Trinajstić information content (AvgIpc) is 2.11. The van der Waals surface area contributed by atoms with Crippen molar-refractivity contribution >= 4 is 17.8 Å². The van der Waals surface area contributed by atoms with Crippen molar-refractivity contribution in [2.45, 2.75) is 6.42 Å². The van der Waals surface area contributed by atoms with E-state index in [2.05, 4.69) is 4.74 Å². The summed E-state index contributed by atoms with van der Waals surface area (Å²) in [6.07, 6.45) is 0.0804. The maximum Gasteiger partial charge on any atom is 0.306 e. The van der Waals surface area contributed by atoms with Crippen molar-refractivity contribution in [3.8, 4) is 0 Å². The van der Waals surface area contributed by atoms with Crippen LogP contribution in [0.1, 0.15) is 6.42 Å². The lowest BCUT2D eigenvalue weighted by Crippen LogP contribution is -2.40. The lowest BCUT2D eigenvalue weighted by atomic mass is 10.3. The number of ether oxygens (including phenoxy) is 1. The molecule has 0 bridgehead atoms. The molecule has 7 heteroatoms. The Morgan fingerprint density at radius 1 is 1.13 bits per heavy atom. The Morgan fingerprint density at radius 3 is 1.93 bits per heavy atom. The molecule has 2 amide bonds. The third kappa shape index (κ3) is 7.44. The van der Waals surface area contributed by atoms with Crippen molar-refractivity contribution in [3.63, 3.8) is 0 Å². The van der Waals surface area contributed by atoms with E-state index in [4.69, 9.17) is 11.5 Å². The Labute approximate surface area is 87.3 Å². The summed E-state index contributed by atoms with van der Waals surface area (Å²) in [5.41, 5.74) is 9.92. The number of nitrogens with two attached hydrogens (primary N) is 2. The molecule has 0 unspecified atom stereocenters. The van der Waals surface area contributed by atoms with Crippen LogP contribution >= 0.6 is 0 Å². The summed E-state index contributed by atoms with van der Waals surface area (Å²) in [5.74, 6) is -1.59. The Hall–Kier alpha value is -1.63. The molecule has 0 radical (unpaired) electrons. The van der Waals surface area contributed by atoms with Crippen LogP contribution in [0.2, 0.25) is 0 Å². The van der Waals surface area contributed by atoms with E-state index in [1.807, 2.05) is 0 Å². The second-order valence-corrected chi connectivity index (χ2v) is 2.97. The van der Waals surface area contributed by atoms with Gasteiger partial charge in [-0.15, -0.1) is 0 Å². The van der Waals surface area contributed by atoms with Gasteiger partial charge in [0.1, 0.15) is 0 Å². The van der Waals surface area contributed by atoms with Gasteiger partial charge in [-0.2, -0.15) is 0 Å². The van der Waals surface area contributed by atoms with Gasteiger partial charge in [-0.05, 0) is 0 Å². The number of hydrogen-bond donors (Lipinski definition) is 2. The third-order valence-corrected chi connectivity index (χ3v) is 1.62. The quantitative estimate of drug-likeness (QED) is 0.470. The molecular formula is C8H15N3O4. The number of carbonyl (C=O) groups excluding carboxylic acids is 3. The van der Waals surface area contributed by atoms with E-state index in [0.29, 0.717) is 0 Å². The third-order valence-electron chi connectivity index (χ3n) is 1.62. The molecular weight excluding hydrogens is 202 g/mol. The topological polar surface area (TPSA) is 116 Å². The molecule has 4 N–H and O–H groups in total. The van der Waals surface area contributed by atoms with Crippen molar-refractivity contribution in [2.24, 2.45) is 11.5 Å². The number of nitrogens with zero attached hydrogens (tertiary/aromatic N) is 1. The molecule has 0 atom stereocenters. The lowest BCUT2D eigenvalue weighted by molar-refractivity contribution is -0.141. The molecule has 0 heterocycles. The van der Waals surface area contributed by atoms with Crippen molar-refractivity contribution in [1.82, 2.24) is 4.90 Å². The molecule has 0 aliphatic carbocycles. The summed E-state index contributed by atoms with van der Waals surface area (Å²) >= 11 is 0. The smallest absolute Gasteiger partial charge is 0.306 e. The van der Waals surface area contributed by atoms with Crippen LogP contribution in [0.5, 0.6) is 0 Å². The number of methoxy groups -OCH3 is 1. The number of primary amides is 2. The van der Waals surface area contributed by atoms with E-state index >= 15 is 0 Å². The van der Waals surface area contributed by atoms with Crippen LogP contribution in [0.3, 0.4) is 0 Å². The summed E-state index contributed by atoms with van der Waals surface area (Å²) in [4.78, 5) is 33.4. The van der Waals surface area contributed by atoms with Crippen LogP contribution in [0.25, 0.3) is 0 Å². The molecule has 0 spiro atoms. The molecule has 0 aliphatic rings. The highest BCUT2D eigenvalue weighted by atomic mass is 16.5. The van der Waals surface area contributed by atoms with Gasteiger partial charge >= 0.3 is 5.97 Å². The Balaban J connectivity index is 4.06. The predicted molar refractivity (Wildman–Crippen MR) is 51.5 cm³/mol. The highest BCUT2D eigenvalue weighted by Gasteiger charge is 2.12. The highest BCUT2D eigenvalue weighted by Crippen LogP contribution is 1.92. The fourth-order valence-corrected chi connectivity index (χ4v) is 1.01. The molecule has 0 aromatic rings. The largest absolute Gasteiger partial charge is 0.469 e. The van der Waals surface area contributed by atoms with E-state index in [1.54, 1.807) is 0 Å². The normalized spacial score (nSPS) is 10.0. The van der Waals surface area contributed by atoms with Gasteiger partial charge in [-0.1, -0.05) is 0 Å². The summed E-state index contributed by atoms with van der Waals surface area (Å²) in [5, 5.41) is 0. The monoisotopic (exact) mass is 217 g/mol. The maximum atomic E-state index is 10.8. The van der Waals surface area contributed by atoms with E-state index < -0.39 is 17.8 Å². The SMILES string of the molecule is COC(=O)CCN(CC(N)=O)CC(N)=O. The van der Waals surface area contributed by atoms with Crippen LogP contribution in [-0.2, 0) is 19.1 Å². The molecule has 7 nitrogen and oxygen atoms in total. The maximum absolute atomic E-state index is 10.8. The molecule has 0 rings (SSSR count). The number of rotatable bonds is 7. The van der Waals surface area contributed by atoms with Crippen LogP contribution in [0, 0.1) is 0 Å². The number of hydrogen-bond acceptors (Lipinski definition) is 5. The zero-order chi connectivity index (χ0) is 11.8. The second kappa shape index (κ2) is 6.77. The van der Waals surface area contributed by atoms with Crippen molar-refractivity contribution in [3.05, 3.63) is 0 Å². The molecule has 0 aromatic heterocycles. The number of carbonyl (C=O) groups is 3. The average molecular weight is 217 g/mol. The number of amides is 2. The first-order valence-corrected chi connectivity index (χ1v) is 4.31. The fraction of sp³-hybridized carbons (Fsp3) is 0.625. The summed E-state index contributed by atoms with van der Waals surface area (Å²) in [6.45, 7) is -0.0155. The van der Waals surface area contributed by atoms with E-state index in [1.165, 1.54) is 12.0 Å². The van der Waals surface area contributed by atoms with Crippen LogP contribution in [0.15, 0.2) is 0 Å². The molecule has 0 aliphatic heterocycles. The summed E-state index contributed by atoms with van der Waals surface area (Å²) in [7, 11) is 1.26. The molecule has 86 valence electrons. The lowest BCUT2D eigenvalue weighted by Gasteiger charge is -2.17. The van der Waals surface area contributed by atoms with Gasteiger partial charge in [0, 0.05) is 6.54 Å². The zero-order valence-corrected chi connectivity index (χ0v) is 8.56. The first-order chi connectivity index (χ1) is 6.95. The number of esters is 1. The van der Waals surface area contributed by atoms with Crippen molar-refractivity contribution < 1.29 is 19.1 Å². The van der Waals surface area contributed by atoms with Crippen molar-refractivity contribution in [1.29, 1.82) is 0 Å². The first-order valence-electron chi connectivity index (χ1n) is 4.31. The highest BCUT2D eigenvalue weighted by molar-refractivity contribution is 5.79. The van der Waals surface area contributed by atoms with Gasteiger partial charge in [0.05, 0.1) is 26.6 Å². The van der Waals surface area contributed by atoms with Gasteiger partial charge in [0.15, 0.2) is 0 Å². The Kier molecular flexibility index (Phi) is 6.03. The molecule has 0 saturated carbocycles. The predicted octanol–water partition coefficient (Wildman–Crippen LogP) is -2.18. The first kappa shape index (κ1) is 13.4. The van der Waals surface area contributed by atoms with Gasteiger partial charge < -0.3 is 16.2 Å². The van der Waals surface area contributed by atoms with Gasteiger partial charge in [0.2, 0.25) is 11.8 Å².